The molecule has 6 nitrogen and oxygen atoms in total. The van der Waals surface area contributed by atoms with Crippen molar-refractivity contribution in [2.45, 2.75) is 89.4 Å². The van der Waals surface area contributed by atoms with E-state index in [1.807, 2.05) is 6.92 Å². The zero-order valence-electron chi connectivity index (χ0n) is 21.1. The van der Waals surface area contributed by atoms with E-state index >= 15 is 4.39 Å². The number of fused-ring (bicyclic) bond motifs is 5. The topological polar surface area (TPSA) is 75.4 Å². The number of rotatable bonds is 4. The highest BCUT2D eigenvalue weighted by atomic mass is 19.1. The molecule has 0 saturated heterocycles. The van der Waals surface area contributed by atoms with Crippen LogP contribution in [0.5, 0.6) is 0 Å². The molecule has 0 aliphatic heterocycles. The Balaban J connectivity index is 1.30. The molecule has 4 aliphatic carbocycles. The molecule has 1 aromatic heterocycles. The number of aliphatic hydroxyl groups is 1. The lowest BCUT2D eigenvalue weighted by atomic mass is 9.48. The fourth-order valence-corrected chi connectivity index (χ4v) is 8.59. The molecule has 4 saturated carbocycles. The smallest absolute Gasteiger partial charge is 0.256 e. The van der Waals surface area contributed by atoms with Gasteiger partial charge in [-0.25, -0.2) is 4.39 Å². The van der Waals surface area contributed by atoms with E-state index in [-0.39, 0.29) is 41.4 Å². The van der Waals surface area contributed by atoms with Crippen molar-refractivity contribution in [3.63, 3.8) is 0 Å². The van der Waals surface area contributed by atoms with E-state index in [1.165, 1.54) is 11.1 Å². The van der Waals surface area contributed by atoms with Crippen LogP contribution in [0, 0.1) is 35.0 Å². The third kappa shape index (κ3) is 3.73. The molecule has 7 heteroatoms. The van der Waals surface area contributed by atoms with Gasteiger partial charge in [0.1, 0.15) is 5.67 Å². The maximum absolute atomic E-state index is 16.5. The molecule has 188 valence electrons. The number of hydrogen-bond donors (Lipinski definition) is 1. The molecule has 5 rings (SSSR count). The molecule has 4 aliphatic rings. The number of aromatic nitrogens is 2. The van der Waals surface area contributed by atoms with Crippen LogP contribution in [0.4, 0.5) is 4.39 Å². The van der Waals surface area contributed by atoms with Gasteiger partial charge in [0, 0.05) is 26.2 Å². The lowest BCUT2D eigenvalue weighted by Crippen LogP contribution is -2.58. The molecule has 1 heterocycles. The average molecular weight is 474 g/mol. The van der Waals surface area contributed by atoms with Gasteiger partial charge in [-0.2, -0.15) is 5.10 Å². The molecule has 1 N–H and O–H groups in total. The quantitative estimate of drug-likeness (QED) is 0.709. The molecule has 0 unspecified atom stereocenters. The van der Waals surface area contributed by atoms with Crippen molar-refractivity contribution < 1.29 is 19.1 Å². The van der Waals surface area contributed by atoms with Crippen LogP contribution in [0.25, 0.3) is 0 Å². The summed E-state index contributed by atoms with van der Waals surface area (Å²) >= 11 is 0. The lowest BCUT2D eigenvalue weighted by molar-refractivity contribution is -0.166. The molecule has 4 fully saturated rings. The second kappa shape index (κ2) is 8.14. The van der Waals surface area contributed by atoms with Crippen LogP contribution in [-0.2, 0) is 11.3 Å². The van der Waals surface area contributed by atoms with Crippen LogP contribution in [0.15, 0.2) is 12.4 Å². The first-order valence-corrected chi connectivity index (χ1v) is 13.1. The Bertz CT molecular complexity index is 974. The summed E-state index contributed by atoms with van der Waals surface area (Å²) in [6.07, 6.45) is 10.3. The number of amides is 1. The summed E-state index contributed by atoms with van der Waals surface area (Å²) in [5.41, 5.74) is -1.48. The number of hydrogen-bond acceptors (Lipinski definition) is 4. The van der Waals surface area contributed by atoms with Crippen LogP contribution in [0.2, 0.25) is 0 Å². The Morgan fingerprint density at radius 1 is 1.12 bits per heavy atom. The van der Waals surface area contributed by atoms with Crippen LogP contribution in [0.3, 0.4) is 0 Å². The minimum atomic E-state index is -1.15. The summed E-state index contributed by atoms with van der Waals surface area (Å²) < 4.78 is 18.1. The maximum atomic E-state index is 16.5. The van der Waals surface area contributed by atoms with Gasteiger partial charge in [0.2, 0.25) is 0 Å². The van der Waals surface area contributed by atoms with E-state index < -0.39 is 11.3 Å². The average Bonchev–Trinajstić information content (AvgIpc) is 3.37. The second-order valence-electron chi connectivity index (χ2n) is 12.5. The van der Waals surface area contributed by atoms with Crippen molar-refractivity contribution in [1.29, 1.82) is 0 Å². The first-order valence-electron chi connectivity index (χ1n) is 13.1. The van der Waals surface area contributed by atoms with Crippen molar-refractivity contribution in [2.24, 2.45) is 35.0 Å². The van der Waals surface area contributed by atoms with Gasteiger partial charge in [0.15, 0.2) is 5.78 Å². The van der Waals surface area contributed by atoms with Crippen LogP contribution < -0.4 is 0 Å². The molecule has 0 radical (unpaired) electrons. The Morgan fingerprint density at radius 2 is 1.88 bits per heavy atom. The lowest BCUT2D eigenvalue weighted by Gasteiger charge is -2.59. The van der Waals surface area contributed by atoms with Gasteiger partial charge in [-0.05, 0) is 93.8 Å². The van der Waals surface area contributed by atoms with Gasteiger partial charge in [-0.15, -0.1) is 0 Å². The van der Waals surface area contributed by atoms with Crippen LogP contribution in [0.1, 0.15) is 82.0 Å². The van der Waals surface area contributed by atoms with Crippen LogP contribution in [-0.4, -0.2) is 56.8 Å². The zero-order chi connectivity index (χ0) is 24.5. The second-order valence-corrected chi connectivity index (χ2v) is 12.5. The van der Waals surface area contributed by atoms with Crippen molar-refractivity contribution in [3.8, 4) is 0 Å². The molecule has 1 amide bonds. The standard InChI is InChI=1S/C27H40FN3O3/c1-25(34)11-12-27(28)18(13-25)5-6-19-20-7-8-22(26(20,2)10-9-21(19)27)23(32)16-31-15-17(14-29-31)24(33)30(3)4/h14-15,18-22,34H,5-13,16H2,1-4H3/t18-,19+,20+,21+,22-,25-,26+,27-/m1/s1. The minimum Gasteiger partial charge on any atom is -0.390 e. The molecular weight excluding hydrogens is 433 g/mol. The third-order valence-electron chi connectivity index (χ3n) is 10.3. The van der Waals surface area contributed by atoms with Gasteiger partial charge in [0.25, 0.3) is 5.91 Å². The molecule has 0 bridgehead atoms. The summed E-state index contributed by atoms with van der Waals surface area (Å²) in [5, 5.41) is 14.8. The molecule has 8 atom stereocenters. The van der Waals surface area contributed by atoms with Gasteiger partial charge >= 0.3 is 0 Å². The van der Waals surface area contributed by atoms with Gasteiger partial charge in [-0.1, -0.05) is 6.92 Å². The van der Waals surface area contributed by atoms with Crippen LogP contribution >= 0.6 is 0 Å². The zero-order valence-corrected chi connectivity index (χ0v) is 21.1. The highest BCUT2D eigenvalue weighted by molar-refractivity contribution is 5.93. The number of ketones is 1. The van der Waals surface area contributed by atoms with E-state index in [0.29, 0.717) is 36.7 Å². The Hall–Kier alpha value is -1.76. The minimum absolute atomic E-state index is 0.0282. The number of alkyl halides is 1. The fraction of sp³-hybridized carbons (Fsp3) is 0.815. The highest BCUT2D eigenvalue weighted by Crippen LogP contribution is 2.66. The van der Waals surface area contributed by atoms with Crippen molar-refractivity contribution in [2.75, 3.05) is 14.1 Å². The molecular formula is C27H40FN3O3. The summed E-state index contributed by atoms with van der Waals surface area (Å²) in [5.74, 6) is 0.808. The summed E-state index contributed by atoms with van der Waals surface area (Å²) in [6, 6.07) is 0. The van der Waals surface area contributed by atoms with E-state index in [9.17, 15) is 14.7 Å². The van der Waals surface area contributed by atoms with Crippen molar-refractivity contribution in [1.82, 2.24) is 14.7 Å². The number of halogens is 1. The first-order chi connectivity index (χ1) is 15.9. The van der Waals surface area contributed by atoms with Crippen molar-refractivity contribution in [3.05, 3.63) is 18.0 Å². The number of carbonyl (C=O) groups excluding carboxylic acids is 2. The maximum Gasteiger partial charge on any atom is 0.256 e. The van der Waals surface area contributed by atoms with Crippen molar-refractivity contribution >= 4 is 11.7 Å². The number of carbonyl (C=O) groups is 2. The Kier molecular flexibility index (Phi) is 5.74. The van der Waals surface area contributed by atoms with E-state index in [2.05, 4.69) is 12.0 Å². The summed E-state index contributed by atoms with van der Waals surface area (Å²) in [6.45, 7) is 4.32. The third-order valence-corrected chi connectivity index (χ3v) is 10.3. The van der Waals surface area contributed by atoms with Gasteiger partial charge < -0.3 is 10.0 Å². The Morgan fingerprint density at radius 3 is 2.62 bits per heavy atom. The van der Waals surface area contributed by atoms with E-state index in [1.54, 1.807) is 25.0 Å². The number of Topliss-reactive ketones (excluding diaryl/α,β-unsaturated/α-hetero) is 1. The monoisotopic (exact) mass is 473 g/mol. The van der Waals surface area contributed by atoms with E-state index in [4.69, 9.17) is 0 Å². The summed E-state index contributed by atoms with van der Waals surface area (Å²) in [4.78, 5) is 27.1. The van der Waals surface area contributed by atoms with E-state index in [0.717, 1.165) is 38.5 Å². The fourth-order valence-electron chi connectivity index (χ4n) is 8.59. The molecule has 1 aromatic rings. The van der Waals surface area contributed by atoms with Gasteiger partial charge in [0.05, 0.1) is 23.9 Å². The number of nitrogens with zero attached hydrogens (tertiary/aromatic N) is 3. The predicted octanol–water partition coefficient (Wildman–Crippen LogP) is 4.27. The largest absolute Gasteiger partial charge is 0.390 e. The SMILES string of the molecule is CN(C)C(=O)c1cnn(CC(=O)[C@H]2CC[C@H]3[C@@H]4CC[C@@H]5C[C@](C)(O)CC[C@]5(F)[C@H]4CC[C@]23C)c1. The van der Waals surface area contributed by atoms with Gasteiger partial charge in [-0.3, -0.25) is 14.3 Å². The molecule has 0 aromatic carbocycles. The Labute approximate surface area is 202 Å². The first kappa shape index (κ1) is 24.0. The molecule has 0 spiro atoms. The highest BCUT2D eigenvalue weighted by Gasteiger charge is 2.63. The normalized spacial score (nSPS) is 43.5. The summed E-state index contributed by atoms with van der Waals surface area (Å²) in [7, 11) is 3.40. The molecule has 34 heavy (non-hydrogen) atoms. The predicted molar refractivity (Wildman–Crippen MR) is 127 cm³/mol.